The molecule has 0 atom stereocenters. The summed E-state index contributed by atoms with van der Waals surface area (Å²) in [7, 11) is 0. The van der Waals surface area contributed by atoms with Gasteiger partial charge in [0.1, 0.15) is 0 Å². The number of rotatable bonds is 9. The molecule has 0 aromatic carbocycles. The molecule has 0 radical (unpaired) electrons. The van der Waals surface area contributed by atoms with Crippen LogP contribution in [0, 0.1) is 0 Å². The normalized spacial score (nSPS) is 14.9. The standard InChI is InChI=1S/C15H24N2O/c1-2-3-4-10-18-12-15-7-5-6-14(17-15)11-16-13-8-9-13/h5-7,13,16H,2-4,8-12H2,1H3. The minimum Gasteiger partial charge on any atom is -0.375 e. The quantitative estimate of drug-likeness (QED) is 0.682. The van der Waals surface area contributed by atoms with Crippen LogP contribution in [0.5, 0.6) is 0 Å². The number of aromatic nitrogens is 1. The maximum atomic E-state index is 5.63. The highest BCUT2D eigenvalue weighted by atomic mass is 16.5. The molecule has 18 heavy (non-hydrogen) atoms. The van der Waals surface area contributed by atoms with Crippen LogP contribution in [0.3, 0.4) is 0 Å². The Morgan fingerprint density at radius 1 is 1.28 bits per heavy atom. The lowest BCUT2D eigenvalue weighted by Crippen LogP contribution is -2.16. The minimum atomic E-state index is 0.640. The van der Waals surface area contributed by atoms with Crippen LogP contribution in [0.15, 0.2) is 18.2 Å². The summed E-state index contributed by atoms with van der Waals surface area (Å²) in [5.41, 5.74) is 2.16. The molecule has 0 aliphatic heterocycles. The lowest BCUT2D eigenvalue weighted by Gasteiger charge is -2.06. The van der Waals surface area contributed by atoms with Crippen LogP contribution in [-0.2, 0) is 17.9 Å². The Kier molecular flexibility index (Phi) is 5.62. The van der Waals surface area contributed by atoms with Gasteiger partial charge in [-0.05, 0) is 31.4 Å². The van der Waals surface area contributed by atoms with Crippen molar-refractivity contribution in [2.75, 3.05) is 6.61 Å². The first-order chi connectivity index (χ1) is 8.88. The van der Waals surface area contributed by atoms with E-state index in [1.54, 1.807) is 0 Å². The average molecular weight is 248 g/mol. The van der Waals surface area contributed by atoms with Crippen LogP contribution in [0.4, 0.5) is 0 Å². The lowest BCUT2D eigenvalue weighted by molar-refractivity contribution is 0.114. The third-order valence-electron chi connectivity index (χ3n) is 3.16. The van der Waals surface area contributed by atoms with Crippen molar-refractivity contribution in [3.8, 4) is 0 Å². The fourth-order valence-corrected chi connectivity index (χ4v) is 1.88. The summed E-state index contributed by atoms with van der Waals surface area (Å²) in [5.74, 6) is 0. The second-order valence-electron chi connectivity index (χ2n) is 5.04. The zero-order valence-corrected chi connectivity index (χ0v) is 11.3. The molecular formula is C15H24N2O. The summed E-state index contributed by atoms with van der Waals surface area (Å²) >= 11 is 0. The average Bonchev–Trinajstić information content (AvgIpc) is 3.21. The van der Waals surface area contributed by atoms with Crippen LogP contribution in [0.2, 0.25) is 0 Å². The molecule has 1 aromatic heterocycles. The highest BCUT2D eigenvalue weighted by Crippen LogP contribution is 2.19. The largest absolute Gasteiger partial charge is 0.375 e. The number of hydrogen-bond acceptors (Lipinski definition) is 3. The molecule has 1 fully saturated rings. The molecule has 1 N–H and O–H groups in total. The molecule has 3 heteroatoms. The van der Waals surface area contributed by atoms with Crippen LogP contribution in [0.1, 0.15) is 50.4 Å². The Balaban J connectivity index is 1.68. The molecule has 2 rings (SSSR count). The predicted molar refractivity (Wildman–Crippen MR) is 73.3 cm³/mol. The molecule has 3 nitrogen and oxygen atoms in total. The van der Waals surface area contributed by atoms with Gasteiger partial charge in [0.2, 0.25) is 0 Å². The zero-order chi connectivity index (χ0) is 12.6. The van der Waals surface area contributed by atoms with Crippen LogP contribution in [0.25, 0.3) is 0 Å². The number of pyridine rings is 1. The third-order valence-corrected chi connectivity index (χ3v) is 3.16. The van der Waals surface area contributed by atoms with Gasteiger partial charge in [-0.1, -0.05) is 25.8 Å². The van der Waals surface area contributed by atoms with E-state index in [9.17, 15) is 0 Å². The molecule has 0 amide bonds. The summed E-state index contributed by atoms with van der Waals surface area (Å²) in [6.07, 6.45) is 6.28. The highest BCUT2D eigenvalue weighted by molar-refractivity contribution is 5.10. The van der Waals surface area contributed by atoms with Crippen molar-refractivity contribution < 1.29 is 4.74 Å². The van der Waals surface area contributed by atoms with Gasteiger partial charge in [0.15, 0.2) is 0 Å². The van der Waals surface area contributed by atoms with Crippen molar-refractivity contribution in [1.82, 2.24) is 10.3 Å². The first-order valence-electron chi connectivity index (χ1n) is 7.14. The van der Waals surface area contributed by atoms with E-state index >= 15 is 0 Å². The Hall–Kier alpha value is -0.930. The monoisotopic (exact) mass is 248 g/mol. The smallest absolute Gasteiger partial charge is 0.0887 e. The first kappa shape index (κ1) is 13.5. The van der Waals surface area contributed by atoms with E-state index in [-0.39, 0.29) is 0 Å². The van der Waals surface area contributed by atoms with Gasteiger partial charge in [-0.25, -0.2) is 0 Å². The second-order valence-corrected chi connectivity index (χ2v) is 5.04. The molecular weight excluding hydrogens is 224 g/mol. The van der Waals surface area contributed by atoms with Gasteiger partial charge in [-0.3, -0.25) is 4.98 Å². The van der Waals surface area contributed by atoms with E-state index < -0.39 is 0 Å². The molecule has 1 aliphatic rings. The van der Waals surface area contributed by atoms with Gasteiger partial charge < -0.3 is 10.1 Å². The van der Waals surface area contributed by atoms with E-state index in [1.165, 1.54) is 25.7 Å². The SMILES string of the molecule is CCCCCOCc1cccc(CNC2CC2)n1. The molecule has 0 spiro atoms. The van der Waals surface area contributed by atoms with Crippen molar-refractivity contribution in [3.05, 3.63) is 29.6 Å². The molecule has 1 aliphatic carbocycles. The number of unbranched alkanes of at least 4 members (excludes halogenated alkanes) is 2. The van der Waals surface area contributed by atoms with Crippen molar-refractivity contribution in [2.45, 2.75) is 58.2 Å². The van der Waals surface area contributed by atoms with E-state index in [2.05, 4.69) is 29.4 Å². The zero-order valence-electron chi connectivity index (χ0n) is 11.3. The second kappa shape index (κ2) is 7.49. The lowest BCUT2D eigenvalue weighted by atomic mass is 10.3. The fraction of sp³-hybridized carbons (Fsp3) is 0.667. The van der Waals surface area contributed by atoms with Crippen LogP contribution < -0.4 is 5.32 Å². The highest BCUT2D eigenvalue weighted by Gasteiger charge is 2.20. The summed E-state index contributed by atoms with van der Waals surface area (Å²) in [6.45, 7) is 4.58. The van der Waals surface area contributed by atoms with Gasteiger partial charge in [-0.15, -0.1) is 0 Å². The van der Waals surface area contributed by atoms with Gasteiger partial charge in [0.25, 0.3) is 0 Å². The number of nitrogens with one attached hydrogen (secondary N) is 1. The Bertz CT molecular complexity index is 350. The number of nitrogens with zero attached hydrogens (tertiary/aromatic N) is 1. The van der Waals surface area contributed by atoms with E-state index in [1.807, 2.05) is 6.07 Å². The maximum Gasteiger partial charge on any atom is 0.0887 e. The van der Waals surface area contributed by atoms with Crippen LogP contribution >= 0.6 is 0 Å². The van der Waals surface area contributed by atoms with E-state index in [4.69, 9.17) is 4.74 Å². The Labute approximate surface area is 110 Å². The first-order valence-corrected chi connectivity index (χ1v) is 7.14. The molecule has 0 bridgehead atoms. The van der Waals surface area contributed by atoms with Crippen molar-refractivity contribution in [1.29, 1.82) is 0 Å². The topological polar surface area (TPSA) is 34.1 Å². The summed E-state index contributed by atoms with van der Waals surface area (Å²) < 4.78 is 5.63. The van der Waals surface area contributed by atoms with Crippen molar-refractivity contribution >= 4 is 0 Å². The van der Waals surface area contributed by atoms with Gasteiger partial charge in [0, 0.05) is 19.2 Å². The molecule has 0 unspecified atom stereocenters. The van der Waals surface area contributed by atoms with E-state index in [0.717, 1.165) is 37.0 Å². The van der Waals surface area contributed by atoms with E-state index in [0.29, 0.717) is 6.61 Å². The van der Waals surface area contributed by atoms with Crippen LogP contribution in [-0.4, -0.2) is 17.6 Å². The minimum absolute atomic E-state index is 0.640. The van der Waals surface area contributed by atoms with Gasteiger partial charge in [-0.2, -0.15) is 0 Å². The molecule has 0 saturated heterocycles. The number of hydrogen-bond donors (Lipinski definition) is 1. The molecule has 1 saturated carbocycles. The van der Waals surface area contributed by atoms with Gasteiger partial charge >= 0.3 is 0 Å². The number of ether oxygens (including phenoxy) is 1. The molecule has 1 aromatic rings. The Morgan fingerprint density at radius 2 is 2.11 bits per heavy atom. The maximum absolute atomic E-state index is 5.63. The van der Waals surface area contributed by atoms with Crippen molar-refractivity contribution in [2.24, 2.45) is 0 Å². The Morgan fingerprint density at radius 3 is 2.89 bits per heavy atom. The molecule has 100 valence electrons. The molecule has 1 heterocycles. The summed E-state index contributed by atoms with van der Waals surface area (Å²) in [4.78, 5) is 4.60. The predicted octanol–water partition coefficient (Wildman–Crippen LogP) is 3.04. The fourth-order valence-electron chi connectivity index (χ4n) is 1.88. The summed E-state index contributed by atoms with van der Waals surface area (Å²) in [6, 6.07) is 6.93. The summed E-state index contributed by atoms with van der Waals surface area (Å²) in [5, 5.41) is 3.48. The van der Waals surface area contributed by atoms with Crippen molar-refractivity contribution in [3.63, 3.8) is 0 Å². The van der Waals surface area contributed by atoms with Gasteiger partial charge in [0.05, 0.1) is 18.0 Å². The third kappa shape index (κ3) is 5.15.